The summed E-state index contributed by atoms with van der Waals surface area (Å²) in [6.45, 7) is 10.8. The summed E-state index contributed by atoms with van der Waals surface area (Å²) < 4.78 is 20.2. The molecule has 0 saturated heterocycles. The van der Waals surface area contributed by atoms with Gasteiger partial charge in [-0.15, -0.1) is 0 Å². The lowest BCUT2D eigenvalue weighted by molar-refractivity contribution is -0.171. The molecular formula is C32H44O8. The molecule has 0 aliphatic rings. The third kappa shape index (κ3) is 12.9. The zero-order valence-corrected chi connectivity index (χ0v) is 24.7. The summed E-state index contributed by atoms with van der Waals surface area (Å²) in [6.07, 6.45) is 2.61. The summed E-state index contributed by atoms with van der Waals surface area (Å²) in [5.74, 6) is -1.68. The number of rotatable bonds is 14. The largest absolute Gasteiger partial charge is 0.465 e. The van der Waals surface area contributed by atoms with E-state index in [1.54, 1.807) is 20.8 Å². The molecule has 40 heavy (non-hydrogen) atoms. The number of hydrogen-bond donors (Lipinski definition) is 0. The summed E-state index contributed by atoms with van der Waals surface area (Å²) in [5.41, 5.74) is 0.673. The van der Waals surface area contributed by atoms with Crippen LogP contribution in [0.1, 0.15) is 65.5 Å². The smallest absolute Gasteiger partial charge is 0.323 e. The third-order valence-electron chi connectivity index (χ3n) is 6.32. The summed E-state index contributed by atoms with van der Waals surface area (Å²) in [6, 6.07) is 19.8. The van der Waals surface area contributed by atoms with Gasteiger partial charge in [-0.1, -0.05) is 67.6 Å². The molecule has 0 bridgehead atoms. The molecule has 0 aliphatic heterocycles. The monoisotopic (exact) mass is 556 g/mol. The highest BCUT2D eigenvalue weighted by molar-refractivity contribution is 5.99. The first kappa shape index (κ1) is 34.3. The molecule has 0 spiro atoms. The van der Waals surface area contributed by atoms with Gasteiger partial charge in [0.25, 0.3) is 0 Å². The highest BCUT2D eigenvalue weighted by Gasteiger charge is 2.43. The van der Waals surface area contributed by atoms with Crippen molar-refractivity contribution in [2.24, 2.45) is 10.8 Å². The lowest BCUT2D eigenvalue weighted by atomic mass is 9.84. The lowest BCUT2D eigenvalue weighted by Gasteiger charge is -2.28. The quantitative estimate of drug-likeness (QED) is 0.171. The maximum absolute atomic E-state index is 12.1. The first-order chi connectivity index (χ1) is 19.0. The molecule has 0 radical (unpaired) electrons. The Balaban J connectivity index is 0.000000400. The van der Waals surface area contributed by atoms with Crippen LogP contribution in [0.15, 0.2) is 60.7 Å². The van der Waals surface area contributed by atoms with Crippen molar-refractivity contribution < 1.29 is 38.1 Å². The molecule has 0 N–H and O–H groups in total. The fourth-order valence-corrected chi connectivity index (χ4v) is 3.74. The van der Waals surface area contributed by atoms with Crippen LogP contribution in [0.25, 0.3) is 0 Å². The van der Waals surface area contributed by atoms with Gasteiger partial charge in [-0.25, -0.2) is 0 Å². The van der Waals surface area contributed by atoms with E-state index in [1.807, 2.05) is 55.5 Å². The summed E-state index contributed by atoms with van der Waals surface area (Å²) in [7, 11) is 0. The molecule has 2 aromatic rings. The Bertz CT molecular complexity index is 1010. The van der Waals surface area contributed by atoms with E-state index >= 15 is 0 Å². The van der Waals surface area contributed by atoms with E-state index in [9.17, 15) is 19.2 Å². The van der Waals surface area contributed by atoms with E-state index in [0.717, 1.165) is 18.4 Å². The minimum Gasteiger partial charge on any atom is -0.465 e. The predicted octanol–water partition coefficient (Wildman–Crippen LogP) is 5.50. The van der Waals surface area contributed by atoms with E-state index in [0.29, 0.717) is 12.8 Å². The van der Waals surface area contributed by atoms with Crippen LogP contribution in [-0.2, 0) is 51.0 Å². The molecule has 0 saturated carbocycles. The number of ether oxygens (including phenoxy) is 4. The summed E-state index contributed by atoms with van der Waals surface area (Å²) in [4.78, 5) is 46.1. The van der Waals surface area contributed by atoms with E-state index in [1.165, 1.54) is 19.4 Å². The van der Waals surface area contributed by atoms with Gasteiger partial charge in [0.1, 0.15) is 0 Å². The Morgan fingerprint density at radius 1 is 0.600 bits per heavy atom. The van der Waals surface area contributed by atoms with E-state index in [2.05, 4.69) is 12.1 Å². The molecule has 2 aromatic carbocycles. The number of hydrogen-bond acceptors (Lipinski definition) is 8. The van der Waals surface area contributed by atoms with Crippen molar-refractivity contribution in [2.45, 2.75) is 67.2 Å². The topological polar surface area (TPSA) is 105 Å². The van der Waals surface area contributed by atoms with Crippen molar-refractivity contribution in [3.8, 4) is 0 Å². The van der Waals surface area contributed by atoms with Crippen LogP contribution in [0.2, 0.25) is 0 Å². The first-order valence-electron chi connectivity index (χ1n) is 13.6. The van der Waals surface area contributed by atoms with Crippen LogP contribution in [-0.4, -0.2) is 50.3 Å². The molecule has 0 fully saturated rings. The van der Waals surface area contributed by atoms with Gasteiger partial charge in [-0.05, 0) is 57.6 Å². The molecule has 0 amide bonds. The molecule has 8 heteroatoms. The van der Waals surface area contributed by atoms with E-state index in [-0.39, 0.29) is 43.8 Å². The number of benzene rings is 2. The van der Waals surface area contributed by atoms with Gasteiger partial charge >= 0.3 is 23.9 Å². The zero-order chi connectivity index (χ0) is 30.0. The van der Waals surface area contributed by atoms with Crippen molar-refractivity contribution in [2.75, 3.05) is 26.4 Å². The number of carbonyl (C=O) groups excluding carboxylic acids is 4. The zero-order valence-electron chi connectivity index (χ0n) is 24.7. The fraction of sp³-hybridized carbons (Fsp3) is 0.500. The van der Waals surface area contributed by atoms with Crippen LogP contribution >= 0.6 is 0 Å². The maximum atomic E-state index is 12.1. The second-order valence-electron chi connectivity index (χ2n) is 10.1. The van der Waals surface area contributed by atoms with Crippen LogP contribution in [0.4, 0.5) is 0 Å². The van der Waals surface area contributed by atoms with E-state index < -0.39 is 17.4 Å². The normalized spacial score (nSPS) is 10.9. The van der Waals surface area contributed by atoms with Crippen LogP contribution in [0.3, 0.4) is 0 Å². The molecule has 8 nitrogen and oxygen atoms in total. The molecule has 0 heterocycles. The van der Waals surface area contributed by atoms with Gasteiger partial charge in [0, 0.05) is 19.3 Å². The van der Waals surface area contributed by atoms with Gasteiger partial charge in [-0.2, -0.15) is 0 Å². The lowest BCUT2D eigenvalue weighted by Crippen LogP contribution is -2.40. The summed E-state index contributed by atoms with van der Waals surface area (Å²) >= 11 is 0. The highest BCUT2D eigenvalue weighted by Crippen LogP contribution is 2.28. The Hall–Kier alpha value is -3.68. The average Bonchev–Trinajstić information content (AvgIpc) is 2.94. The molecule has 0 atom stereocenters. The average molecular weight is 557 g/mol. The molecule has 0 aromatic heterocycles. The van der Waals surface area contributed by atoms with Crippen molar-refractivity contribution in [3.05, 3.63) is 71.8 Å². The summed E-state index contributed by atoms with van der Waals surface area (Å²) in [5, 5.41) is 0. The van der Waals surface area contributed by atoms with Crippen molar-refractivity contribution in [1.29, 1.82) is 0 Å². The number of carbonyl (C=O) groups is 4. The standard InChI is InChI=1S/2C16H22O4/c1-13(17)19-11-16(3,12-20-14(2)18)10-9-15-7-5-4-6-8-15;1-4-19-14(17)16(3,15(18)20-5-2)12-11-13-9-7-6-8-10-13/h4-8H,9-12H2,1-3H3;6-10H,4-5,11-12H2,1-3H3. The van der Waals surface area contributed by atoms with Crippen LogP contribution in [0, 0.1) is 10.8 Å². The van der Waals surface area contributed by atoms with Crippen molar-refractivity contribution in [3.63, 3.8) is 0 Å². The number of esters is 4. The Morgan fingerprint density at radius 3 is 1.32 bits per heavy atom. The van der Waals surface area contributed by atoms with Crippen molar-refractivity contribution in [1.82, 2.24) is 0 Å². The Kier molecular flexibility index (Phi) is 15.3. The minimum absolute atomic E-state index is 0.249. The fourth-order valence-electron chi connectivity index (χ4n) is 3.74. The molecular weight excluding hydrogens is 512 g/mol. The Labute approximate surface area is 238 Å². The van der Waals surface area contributed by atoms with Gasteiger partial charge in [0.2, 0.25) is 0 Å². The Morgan fingerprint density at radius 2 is 0.975 bits per heavy atom. The maximum Gasteiger partial charge on any atom is 0.323 e. The second-order valence-corrected chi connectivity index (χ2v) is 10.1. The highest BCUT2D eigenvalue weighted by atomic mass is 16.6. The molecule has 0 unspecified atom stereocenters. The van der Waals surface area contributed by atoms with Gasteiger partial charge in [0.05, 0.1) is 26.4 Å². The molecule has 2 rings (SSSR count). The third-order valence-corrected chi connectivity index (χ3v) is 6.32. The second kappa shape index (κ2) is 17.8. The van der Waals surface area contributed by atoms with Crippen LogP contribution in [0.5, 0.6) is 0 Å². The molecule has 220 valence electrons. The van der Waals surface area contributed by atoms with Gasteiger partial charge in [-0.3, -0.25) is 19.2 Å². The number of aryl methyl sites for hydroxylation is 2. The van der Waals surface area contributed by atoms with Crippen LogP contribution < -0.4 is 0 Å². The van der Waals surface area contributed by atoms with E-state index in [4.69, 9.17) is 18.9 Å². The predicted molar refractivity (Wildman–Crippen MR) is 152 cm³/mol. The van der Waals surface area contributed by atoms with Gasteiger partial charge < -0.3 is 18.9 Å². The van der Waals surface area contributed by atoms with Crippen molar-refractivity contribution >= 4 is 23.9 Å². The minimum atomic E-state index is -1.25. The van der Waals surface area contributed by atoms with Gasteiger partial charge in [0.15, 0.2) is 5.41 Å². The SMILES string of the molecule is CC(=O)OCC(C)(CCc1ccccc1)COC(C)=O.CCOC(=O)C(C)(CCc1ccccc1)C(=O)OCC. The molecule has 0 aliphatic carbocycles. The first-order valence-corrected chi connectivity index (χ1v) is 13.6.